The van der Waals surface area contributed by atoms with Gasteiger partial charge in [-0.15, -0.1) is 11.3 Å². The van der Waals surface area contributed by atoms with Gasteiger partial charge in [0.1, 0.15) is 17.0 Å². The first-order valence-corrected chi connectivity index (χ1v) is 9.86. The van der Waals surface area contributed by atoms with Crippen LogP contribution in [0, 0.1) is 12.7 Å². The second kappa shape index (κ2) is 6.89. The number of nitrogens with zero attached hydrogens (tertiary/aromatic N) is 4. The van der Waals surface area contributed by atoms with E-state index in [1.807, 2.05) is 6.92 Å². The Morgan fingerprint density at radius 3 is 2.67 bits per heavy atom. The number of hydrogen-bond donors (Lipinski definition) is 1. The molecule has 3 aromatic heterocycles. The number of halogens is 1. The minimum absolute atomic E-state index is 0.334. The summed E-state index contributed by atoms with van der Waals surface area (Å²) < 4.78 is 16.0. The SMILES string of the molecule is Cc1nn(-c2ccc(F)cc2)c2sc(C(=O)Nn3cnc4ccccc4c3=O)cc12. The highest BCUT2D eigenvalue weighted by molar-refractivity contribution is 7.20. The molecule has 0 aliphatic heterocycles. The van der Waals surface area contributed by atoms with Gasteiger partial charge in [0.2, 0.25) is 0 Å². The third-order valence-corrected chi connectivity index (χ3v) is 5.84. The van der Waals surface area contributed by atoms with Gasteiger partial charge in [-0.05, 0) is 49.4 Å². The van der Waals surface area contributed by atoms with Gasteiger partial charge in [0.25, 0.3) is 11.5 Å². The van der Waals surface area contributed by atoms with Crippen LogP contribution >= 0.6 is 11.3 Å². The van der Waals surface area contributed by atoms with E-state index in [-0.39, 0.29) is 11.4 Å². The summed E-state index contributed by atoms with van der Waals surface area (Å²) in [6.07, 6.45) is 1.29. The maximum atomic E-state index is 13.3. The summed E-state index contributed by atoms with van der Waals surface area (Å²) in [4.78, 5) is 30.8. The van der Waals surface area contributed by atoms with Crippen LogP contribution in [0.4, 0.5) is 4.39 Å². The fourth-order valence-electron chi connectivity index (χ4n) is 3.23. The molecule has 5 aromatic rings. The van der Waals surface area contributed by atoms with E-state index in [1.54, 1.807) is 47.1 Å². The van der Waals surface area contributed by atoms with Gasteiger partial charge < -0.3 is 0 Å². The quantitative estimate of drug-likeness (QED) is 0.484. The molecule has 1 amide bonds. The van der Waals surface area contributed by atoms with Crippen LogP contribution in [0.1, 0.15) is 15.4 Å². The zero-order valence-corrected chi connectivity index (χ0v) is 16.5. The average molecular weight is 419 g/mol. The van der Waals surface area contributed by atoms with Crippen molar-refractivity contribution in [1.82, 2.24) is 19.4 Å². The molecule has 0 bridgehead atoms. The largest absolute Gasteiger partial charge is 0.280 e. The summed E-state index contributed by atoms with van der Waals surface area (Å²) in [6, 6.07) is 14.6. The molecule has 0 aliphatic carbocycles. The maximum absolute atomic E-state index is 13.3. The van der Waals surface area contributed by atoms with Gasteiger partial charge in [0.15, 0.2) is 0 Å². The third-order valence-electron chi connectivity index (χ3n) is 4.73. The highest BCUT2D eigenvalue weighted by atomic mass is 32.1. The molecule has 0 fully saturated rings. The molecule has 1 N–H and O–H groups in total. The molecule has 148 valence electrons. The molecule has 0 saturated carbocycles. The maximum Gasteiger partial charge on any atom is 0.280 e. The number of benzene rings is 2. The minimum atomic E-state index is -0.430. The van der Waals surface area contributed by atoms with Crippen LogP contribution < -0.4 is 11.0 Å². The van der Waals surface area contributed by atoms with E-state index in [0.717, 1.165) is 20.6 Å². The zero-order valence-electron chi connectivity index (χ0n) is 15.7. The third kappa shape index (κ3) is 2.96. The molecule has 0 radical (unpaired) electrons. The fourth-order valence-corrected chi connectivity index (χ4v) is 4.30. The van der Waals surface area contributed by atoms with E-state index in [4.69, 9.17) is 0 Å². The van der Waals surface area contributed by atoms with E-state index in [0.29, 0.717) is 21.5 Å². The van der Waals surface area contributed by atoms with Crippen molar-refractivity contribution in [3.63, 3.8) is 0 Å². The summed E-state index contributed by atoms with van der Waals surface area (Å²) in [6.45, 7) is 1.84. The Labute approximate surface area is 173 Å². The number of rotatable bonds is 3. The van der Waals surface area contributed by atoms with Gasteiger partial charge in [-0.3, -0.25) is 15.0 Å². The number of aryl methyl sites for hydroxylation is 1. The molecule has 5 rings (SSSR count). The van der Waals surface area contributed by atoms with Crippen LogP contribution in [0.15, 0.2) is 65.7 Å². The monoisotopic (exact) mass is 419 g/mol. The van der Waals surface area contributed by atoms with E-state index < -0.39 is 5.91 Å². The van der Waals surface area contributed by atoms with E-state index in [9.17, 15) is 14.0 Å². The van der Waals surface area contributed by atoms with Gasteiger partial charge in [-0.2, -0.15) is 5.10 Å². The molecule has 0 aliphatic rings. The summed E-state index contributed by atoms with van der Waals surface area (Å²) in [5.74, 6) is -0.764. The topological polar surface area (TPSA) is 81.8 Å². The Balaban J connectivity index is 1.52. The van der Waals surface area contributed by atoms with Crippen molar-refractivity contribution < 1.29 is 9.18 Å². The van der Waals surface area contributed by atoms with E-state index in [1.165, 1.54) is 29.8 Å². The van der Waals surface area contributed by atoms with Crippen molar-refractivity contribution >= 4 is 38.4 Å². The summed E-state index contributed by atoms with van der Waals surface area (Å²) >= 11 is 1.24. The Morgan fingerprint density at radius 2 is 1.87 bits per heavy atom. The van der Waals surface area contributed by atoms with Crippen LogP contribution in [-0.4, -0.2) is 25.3 Å². The molecule has 3 heterocycles. The number of aromatic nitrogens is 4. The molecule has 9 heteroatoms. The van der Waals surface area contributed by atoms with Crippen LogP contribution in [0.5, 0.6) is 0 Å². The Hall–Kier alpha value is -3.85. The van der Waals surface area contributed by atoms with Crippen molar-refractivity contribution in [1.29, 1.82) is 0 Å². The van der Waals surface area contributed by atoms with Crippen LogP contribution in [0.25, 0.3) is 26.8 Å². The highest BCUT2D eigenvalue weighted by Gasteiger charge is 2.18. The first kappa shape index (κ1) is 18.2. The number of para-hydroxylation sites is 1. The lowest BCUT2D eigenvalue weighted by Crippen LogP contribution is -2.32. The molecular formula is C21H14FN5O2S. The second-order valence-corrected chi connectivity index (χ2v) is 7.71. The smallest absolute Gasteiger partial charge is 0.267 e. The van der Waals surface area contributed by atoms with Crippen molar-refractivity contribution in [3.05, 3.63) is 87.7 Å². The van der Waals surface area contributed by atoms with Crippen LogP contribution in [0.3, 0.4) is 0 Å². The van der Waals surface area contributed by atoms with E-state index in [2.05, 4.69) is 15.5 Å². The van der Waals surface area contributed by atoms with Crippen molar-refractivity contribution in [2.45, 2.75) is 6.92 Å². The fraction of sp³-hybridized carbons (Fsp3) is 0.0476. The molecule has 7 nitrogen and oxygen atoms in total. The number of carbonyl (C=O) groups is 1. The van der Waals surface area contributed by atoms with Gasteiger partial charge >= 0.3 is 0 Å². The number of thiophene rings is 1. The van der Waals surface area contributed by atoms with Crippen molar-refractivity contribution in [2.24, 2.45) is 0 Å². The molecule has 0 atom stereocenters. The van der Waals surface area contributed by atoms with Crippen molar-refractivity contribution in [3.8, 4) is 5.69 Å². The van der Waals surface area contributed by atoms with Gasteiger partial charge in [0.05, 0.1) is 27.2 Å². The predicted molar refractivity (Wildman–Crippen MR) is 113 cm³/mol. The summed E-state index contributed by atoms with van der Waals surface area (Å²) in [5.41, 5.74) is 4.23. The number of nitrogens with one attached hydrogen (secondary N) is 1. The lowest BCUT2D eigenvalue weighted by Gasteiger charge is -2.07. The molecule has 0 spiro atoms. The summed E-state index contributed by atoms with van der Waals surface area (Å²) in [5, 5.41) is 5.72. The molecule has 30 heavy (non-hydrogen) atoms. The number of amides is 1. The number of hydrogen-bond acceptors (Lipinski definition) is 5. The minimum Gasteiger partial charge on any atom is -0.267 e. The Bertz CT molecular complexity index is 1480. The molecule has 0 saturated heterocycles. The lowest BCUT2D eigenvalue weighted by molar-refractivity contribution is 0.101. The number of carbonyl (C=O) groups excluding carboxylic acids is 1. The zero-order chi connectivity index (χ0) is 20.8. The molecule has 2 aromatic carbocycles. The van der Waals surface area contributed by atoms with Crippen molar-refractivity contribution in [2.75, 3.05) is 5.43 Å². The Morgan fingerprint density at radius 1 is 1.10 bits per heavy atom. The Kier molecular flexibility index (Phi) is 4.18. The lowest BCUT2D eigenvalue weighted by atomic mass is 10.2. The van der Waals surface area contributed by atoms with Gasteiger partial charge in [-0.25, -0.2) is 18.7 Å². The molecule has 0 unspecified atom stereocenters. The normalized spacial score (nSPS) is 11.3. The average Bonchev–Trinajstić information content (AvgIpc) is 3.32. The van der Waals surface area contributed by atoms with E-state index >= 15 is 0 Å². The first-order valence-electron chi connectivity index (χ1n) is 9.04. The van der Waals surface area contributed by atoms with Crippen LogP contribution in [0.2, 0.25) is 0 Å². The number of fused-ring (bicyclic) bond motifs is 2. The van der Waals surface area contributed by atoms with Gasteiger partial charge in [-0.1, -0.05) is 12.1 Å². The van der Waals surface area contributed by atoms with Crippen LogP contribution in [-0.2, 0) is 0 Å². The summed E-state index contributed by atoms with van der Waals surface area (Å²) in [7, 11) is 0. The highest BCUT2D eigenvalue weighted by Crippen LogP contribution is 2.30. The predicted octanol–water partition coefficient (Wildman–Crippen LogP) is 3.63. The second-order valence-electron chi connectivity index (χ2n) is 6.68. The standard InChI is InChI=1S/C21H14FN5O2S/c1-12-16-10-18(30-21(16)27(24-12)14-8-6-13(22)7-9-14)19(28)25-26-11-23-17-5-3-2-4-15(17)20(26)29/h2-11H,1H3,(H,25,28). The van der Waals surface area contributed by atoms with Gasteiger partial charge in [0, 0.05) is 5.39 Å². The first-order chi connectivity index (χ1) is 14.5. The molecular weight excluding hydrogens is 405 g/mol.